The van der Waals surface area contributed by atoms with Gasteiger partial charge >= 0.3 is 0 Å². The largest absolute Gasteiger partial charge is 0.394 e. The SMILES string of the molecule is CC(=O)N[C@@H]1[C@H](O[C@@H]2[C@@H](O[C@@H]3[C@H](O)[C@H](O[C@H]4[C@H](O)[C@@H](NC(C)=O)[C@H](O[C@H]5[C@H](O)[C@@H](NC(C)=O)C(O)O[C@@H]5CO)O[C@@H]4CO)O[C@H](CO[C@H]4O[C@H](CO[C@@H]5O[C@H](CO)[C@@H](O)[C@H](O)[C@H]5NC(C)=O)[C@@H](O[C@@H]5O[C@H](CO)[C@@H](O)[C@H](O)[C@H]5NC(C)=O)[C@H](O)[C@@H]4O[C@@H]4O[C@H](CO)[C@@H](O)[C@H](O)[C@H]4NC(C)=O)[C@H]3O)O[C@H](CO[C@@H]3O[C@H](CO)[C@@H](O)[C@H](O)[C@H]3NC(C)=O)[C@@H](O)[C@@H]2O)O[C@H](CO)[C@@H](O)[C@@H]1O. The highest BCUT2D eigenvalue weighted by atomic mass is 16.8. The summed E-state index contributed by atoms with van der Waals surface area (Å²) in [6.45, 7) is -4.71. The summed E-state index contributed by atoms with van der Waals surface area (Å²) in [5.41, 5.74) is 0. The minimum absolute atomic E-state index is 0.826. The van der Waals surface area contributed by atoms with Crippen molar-refractivity contribution in [3.63, 3.8) is 0 Å². The molecule has 1 unspecified atom stereocenters. The number of carbonyl (C=O) groups is 7. The molecule has 0 aliphatic carbocycles. The van der Waals surface area contributed by atoms with Crippen molar-refractivity contribution in [1.29, 1.82) is 0 Å². The average molecular weight is 1930 g/mol. The van der Waals surface area contributed by atoms with Gasteiger partial charge in [-0.1, -0.05) is 0 Å². The molecule has 58 nitrogen and oxygen atoms in total. The number of hydrogen-bond donors (Lipinski definition) is 32. The third-order valence-corrected chi connectivity index (χ3v) is 23.6. The molecule has 10 rings (SSSR count). The van der Waals surface area contributed by atoms with Crippen LogP contribution >= 0.6 is 0 Å². The van der Waals surface area contributed by atoms with Gasteiger partial charge in [-0.2, -0.15) is 0 Å². The number of aliphatic hydroxyl groups excluding tert-OH is 25. The van der Waals surface area contributed by atoms with Crippen LogP contribution in [0.3, 0.4) is 0 Å². The second kappa shape index (κ2) is 47.9. The molecule has 0 aromatic rings. The second-order valence-electron chi connectivity index (χ2n) is 33.3. The van der Waals surface area contributed by atoms with E-state index in [1.807, 2.05) is 0 Å². The Balaban J connectivity index is 1.11. The van der Waals surface area contributed by atoms with Crippen molar-refractivity contribution in [2.75, 3.05) is 66.1 Å². The van der Waals surface area contributed by atoms with Crippen molar-refractivity contribution >= 4 is 41.4 Å². The number of rotatable bonds is 35. The lowest BCUT2D eigenvalue weighted by molar-refractivity contribution is -0.400. The summed E-state index contributed by atoms with van der Waals surface area (Å²) < 4.78 is 116. The Morgan fingerprint density at radius 1 is 0.197 bits per heavy atom. The average Bonchev–Trinajstić information content (AvgIpc) is 0.762. The van der Waals surface area contributed by atoms with Crippen LogP contribution in [0.15, 0.2) is 0 Å². The standard InChI is InChI=1S/C74H123N7O51/c1-18(89)75-35-54(108)59(30(13-87)117-65(35)113)127-71-41(81-24(7)95)55(109)60(31(14-88)123-71)129-72-58(112)62(130-74-63(131-69-39(79-22(5)93)52(106)45(99)28(11-85)121-69)56(110)47(101)32(125-74)15-114-66-36(76-19(2)90)49(103)42(96)25(8-82)118-66)48(102)33(124-72)16-116-73-64(132-70-40(80-23(6)94)53(107)46(100)29(12-86)122-70)57(111)61(128-68-38(78-21(4)92)51(105)44(98)27(10-84)120-68)34(126-73)17-115-67-37(77-20(3)91)50(104)43(97)26(9-83)119-67/h25-74,82-88,96-113H,8-17H2,1-7H3,(H,75,89)(H,76,90)(H,77,91)(H,78,92)(H,79,93)(H,80,94)(H,81,95)/t25-,26-,27-,28-,29-,30-,31-,32-,33-,34-,35-,36-,37-,38-,39+,40-,41-,42-,43-,44-,45-,46-,47-,48-,49-,50-,51-,52-,53-,54-,55-,56+,57+,58+,59-,60-,61-,62+,63+,64+,65?,66-,67-,68+,69+,70+,71+,72+,73+,74-/m1/s1. The molecule has 0 saturated carbocycles. The van der Waals surface area contributed by atoms with Gasteiger partial charge in [-0.15, -0.1) is 0 Å². The zero-order valence-corrected chi connectivity index (χ0v) is 71.7. The quantitative estimate of drug-likeness (QED) is 0.0280. The fourth-order valence-corrected chi connectivity index (χ4v) is 17.0. The van der Waals surface area contributed by atoms with E-state index in [0.717, 1.165) is 48.5 Å². The topological polar surface area (TPSA) is 885 Å². The van der Waals surface area contributed by atoms with E-state index in [2.05, 4.69) is 37.2 Å². The van der Waals surface area contributed by atoms with E-state index in [-0.39, 0.29) is 0 Å². The summed E-state index contributed by atoms with van der Waals surface area (Å²) >= 11 is 0. The van der Waals surface area contributed by atoms with Crippen molar-refractivity contribution in [3.05, 3.63) is 0 Å². The van der Waals surface area contributed by atoms with E-state index in [1.165, 1.54) is 0 Å². The normalized spacial score (nSPS) is 46.7. The predicted molar refractivity (Wildman–Crippen MR) is 411 cm³/mol. The molecule has 0 aromatic carbocycles. The fraction of sp³-hybridized carbons (Fsp3) is 0.905. The van der Waals surface area contributed by atoms with Crippen molar-refractivity contribution < 1.29 is 251 Å². The lowest BCUT2D eigenvalue weighted by Crippen LogP contribution is -2.71. The first-order chi connectivity index (χ1) is 62.3. The van der Waals surface area contributed by atoms with Crippen molar-refractivity contribution in [2.45, 2.75) is 355 Å². The fourth-order valence-electron chi connectivity index (χ4n) is 17.0. The summed E-state index contributed by atoms with van der Waals surface area (Å²) in [6.07, 6.45) is -93.4. The Morgan fingerprint density at radius 3 is 0.780 bits per heavy atom. The molecule has 0 bridgehead atoms. The van der Waals surface area contributed by atoms with Crippen molar-refractivity contribution in [3.8, 4) is 0 Å². The van der Waals surface area contributed by atoms with Crippen LogP contribution in [-0.4, -0.2) is 542 Å². The molecule has 58 heteroatoms. The molecule has 0 spiro atoms. The molecule has 32 N–H and O–H groups in total. The molecule has 0 aromatic heterocycles. The molecule has 10 aliphatic heterocycles. The smallest absolute Gasteiger partial charge is 0.217 e. The third kappa shape index (κ3) is 25.0. The monoisotopic (exact) mass is 1930 g/mol. The Morgan fingerprint density at radius 2 is 0.424 bits per heavy atom. The van der Waals surface area contributed by atoms with Gasteiger partial charge in [-0.05, 0) is 0 Å². The van der Waals surface area contributed by atoms with Gasteiger partial charge in [-0.25, -0.2) is 0 Å². The van der Waals surface area contributed by atoms with Gasteiger partial charge in [0.1, 0.15) is 244 Å². The maximum atomic E-state index is 13.3. The Bertz CT molecular complexity index is 3700. The van der Waals surface area contributed by atoms with E-state index in [0.29, 0.717) is 0 Å². The number of amides is 7. The Kier molecular flexibility index (Phi) is 39.4. The lowest BCUT2D eigenvalue weighted by atomic mass is 9.93. The van der Waals surface area contributed by atoms with Crippen LogP contribution in [-0.2, 0) is 124 Å². The first-order valence-electron chi connectivity index (χ1n) is 42.1. The highest BCUT2D eigenvalue weighted by Gasteiger charge is 2.62. The van der Waals surface area contributed by atoms with Gasteiger partial charge in [-0.3, -0.25) is 33.6 Å². The zero-order valence-electron chi connectivity index (χ0n) is 71.7. The maximum absolute atomic E-state index is 13.3. The molecule has 760 valence electrons. The van der Waals surface area contributed by atoms with Crippen LogP contribution < -0.4 is 37.2 Å². The third-order valence-electron chi connectivity index (χ3n) is 23.6. The van der Waals surface area contributed by atoms with Crippen molar-refractivity contribution in [2.24, 2.45) is 0 Å². The van der Waals surface area contributed by atoms with Crippen LogP contribution in [0.5, 0.6) is 0 Å². The van der Waals surface area contributed by atoms with Crippen LogP contribution in [0.4, 0.5) is 0 Å². The van der Waals surface area contributed by atoms with Gasteiger partial charge in [0.05, 0.1) is 66.1 Å². The van der Waals surface area contributed by atoms with E-state index in [9.17, 15) is 161 Å². The first kappa shape index (κ1) is 109. The molecular formula is C74H123N7O51. The zero-order chi connectivity index (χ0) is 97.4. The van der Waals surface area contributed by atoms with Crippen LogP contribution in [0.25, 0.3) is 0 Å². The number of carbonyl (C=O) groups excluding carboxylic acids is 7. The molecule has 132 heavy (non-hydrogen) atoms. The van der Waals surface area contributed by atoms with Crippen molar-refractivity contribution in [1.82, 2.24) is 37.2 Å². The van der Waals surface area contributed by atoms with Gasteiger partial charge in [0.2, 0.25) is 41.4 Å². The van der Waals surface area contributed by atoms with Crippen LogP contribution in [0.2, 0.25) is 0 Å². The van der Waals surface area contributed by atoms with Gasteiger partial charge in [0, 0.05) is 48.5 Å². The number of hydrogen-bond acceptors (Lipinski definition) is 51. The maximum Gasteiger partial charge on any atom is 0.217 e. The lowest BCUT2D eigenvalue weighted by Gasteiger charge is -2.51. The van der Waals surface area contributed by atoms with Crippen LogP contribution in [0, 0.1) is 0 Å². The molecule has 50 atom stereocenters. The highest BCUT2D eigenvalue weighted by molar-refractivity contribution is 5.75. The van der Waals surface area contributed by atoms with E-state index in [4.69, 9.17) is 90.0 Å². The molecule has 10 saturated heterocycles. The summed E-state index contributed by atoms with van der Waals surface area (Å²) in [7, 11) is 0. The highest BCUT2D eigenvalue weighted by Crippen LogP contribution is 2.41. The van der Waals surface area contributed by atoms with Crippen LogP contribution in [0.1, 0.15) is 48.5 Å². The summed E-state index contributed by atoms with van der Waals surface area (Å²) in [4.78, 5) is 89.7. The van der Waals surface area contributed by atoms with E-state index >= 15 is 0 Å². The summed E-state index contributed by atoms with van der Waals surface area (Å²) in [6, 6.07) is -13.0. The Labute approximate surface area is 748 Å². The second-order valence-corrected chi connectivity index (χ2v) is 33.3. The van der Waals surface area contributed by atoms with Gasteiger partial charge < -0.3 is 255 Å². The molecule has 10 heterocycles. The van der Waals surface area contributed by atoms with Gasteiger partial charge in [0.15, 0.2) is 62.9 Å². The number of aliphatic hydroxyl groups is 25. The predicted octanol–water partition coefficient (Wildman–Crippen LogP) is -21.8. The minimum Gasteiger partial charge on any atom is -0.394 e. The molecule has 0 radical (unpaired) electrons. The summed E-state index contributed by atoms with van der Waals surface area (Å²) in [5.74, 6) is -6.43. The van der Waals surface area contributed by atoms with E-state index < -0.39 is 414 Å². The molecule has 7 amide bonds. The van der Waals surface area contributed by atoms with E-state index in [1.54, 1.807) is 0 Å². The minimum atomic E-state index is -2.73. The molecular weight excluding hydrogens is 1800 g/mol. The number of ether oxygens (including phenoxy) is 19. The Hall–Kier alpha value is -5.47. The van der Waals surface area contributed by atoms with Gasteiger partial charge in [0.25, 0.3) is 0 Å². The first-order valence-corrected chi connectivity index (χ1v) is 42.1. The number of nitrogens with one attached hydrogen (secondary N) is 7. The summed E-state index contributed by atoms with van der Waals surface area (Å²) in [5, 5.41) is 302. The molecule has 10 fully saturated rings. The molecule has 10 aliphatic rings.